The van der Waals surface area contributed by atoms with Gasteiger partial charge in [-0.15, -0.1) is 0 Å². The van der Waals surface area contributed by atoms with Gasteiger partial charge in [-0.05, 0) is 94.3 Å². The number of phenolic OH excluding ortho intramolecular Hbond substituents is 2. The number of benzene rings is 4. The van der Waals surface area contributed by atoms with Crippen LogP contribution in [0.25, 0.3) is 0 Å². The zero-order valence-corrected chi connectivity index (χ0v) is 23.2. The highest BCUT2D eigenvalue weighted by atomic mass is 16.3. The molecule has 0 bridgehead atoms. The lowest BCUT2D eigenvalue weighted by molar-refractivity contribution is 0.462. The van der Waals surface area contributed by atoms with Gasteiger partial charge in [-0.1, -0.05) is 77.9 Å². The Kier molecular flexibility index (Phi) is 9.12. The summed E-state index contributed by atoms with van der Waals surface area (Å²) in [6, 6.07) is 31.5. The number of hydrogen-bond donors (Lipinski definition) is 2. The van der Waals surface area contributed by atoms with Crippen molar-refractivity contribution in [3.8, 4) is 11.5 Å². The van der Waals surface area contributed by atoms with E-state index >= 15 is 0 Å². The van der Waals surface area contributed by atoms with Gasteiger partial charge in [0.25, 0.3) is 0 Å². The number of nitrogens with zero attached hydrogens (tertiary/aromatic N) is 1. The van der Waals surface area contributed by atoms with Crippen molar-refractivity contribution in [1.82, 2.24) is 0 Å². The number of anilines is 1. The third-order valence-electron chi connectivity index (χ3n) is 7.43. The first-order chi connectivity index (χ1) is 18.3. The molecule has 0 heterocycles. The van der Waals surface area contributed by atoms with Crippen molar-refractivity contribution < 1.29 is 10.2 Å². The van der Waals surface area contributed by atoms with E-state index in [9.17, 15) is 10.2 Å². The van der Waals surface area contributed by atoms with E-state index in [1.807, 2.05) is 24.3 Å². The quantitative estimate of drug-likeness (QED) is 0.214. The van der Waals surface area contributed by atoms with Crippen LogP contribution in [-0.2, 0) is 12.8 Å². The number of rotatable bonds is 11. The van der Waals surface area contributed by atoms with Gasteiger partial charge in [0.05, 0.1) is 0 Å². The average Bonchev–Trinajstić information content (AvgIpc) is 2.91. The molecule has 0 radical (unpaired) electrons. The maximum absolute atomic E-state index is 10.8. The molecule has 38 heavy (non-hydrogen) atoms. The van der Waals surface area contributed by atoms with Crippen molar-refractivity contribution in [2.24, 2.45) is 0 Å². The monoisotopic (exact) mass is 507 g/mol. The maximum Gasteiger partial charge on any atom is 0.119 e. The van der Waals surface area contributed by atoms with E-state index in [0.717, 1.165) is 48.9 Å². The lowest BCUT2D eigenvalue weighted by Crippen LogP contribution is -2.32. The third-order valence-corrected chi connectivity index (χ3v) is 7.43. The van der Waals surface area contributed by atoms with Gasteiger partial charge in [0, 0.05) is 29.8 Å². The summed E-state index contributed by atoms with van der Waals surface area (Å²) in [5.41, 5.74) is 8.13. The summed E-state index contributed by atoms with van der Waals surface area (Å²) >= 11 is 0. The van der Waals surface area contributed by atoms with Crippen molar-refractivity contribution >= 4 is 5.69 Å². The summed E-state index contributed by atoms with van der Waals surface area (Å²) in [6.07, 6.45) is 3.72. The van der Waals surface area contributed by atoms with E-state index < -0.39 is 0 Å². The Balaban J connectivity index is 1.50. The van der Waals surface area contributed by atoms with Crippen molar-refractivity contribution in [1.29, 1.82) is 0 Å². The zero-order chi connectivity index (χ0) is 27.1. The maximum atomic E-state index is 10.8. The highest BCUT2D eigenvalue weighted by Gasteiger charge is 2.21. The molecular weight excluding hydrogens is 466 g/mol. The van der Waals surface area contributed by atoms with Crippen LogP contribution in [0.4, 0.5) is 5.69 Å². The molecule has 1 unspecified atom stereocenters. The van der Waals surface area contributed by atoms with E-state index in [2.05, 4.69) is 93.3 Å². The second-order valence-corrected chi connectivity index (χ2v) is 10.8. The smallest absolute Gasteiger partial charge is 0.119 e. The molecule has 0 aromatic heterocycles. The summed E-state index contributed by atoms with van der Waals surface area (Å²) in [4.78, 5) is 2.47. The lowest BCUT2D eigenvalue weighted by atomic mass is 9.87. The van der Waals surface area contributed by atoms with Gasteiger partial charge < -0.3 is 15.1 Å². The number of phenols is 2. The van der Waals surface area contributed by atoms with Gasteiger partial charge in [0.2, 0.25) is 0 Å². The van der Waals surface area contributed by atoms with Crippen molar-refractivity contribution in [2.45, 2.75) is 65.3 Å². The summed E-state index contributed by atoms with van der Waals surface area (Å²) in [5, 5.41) is 21.0. The first-order valence-corrected chi connectivity index (χ1v) is 13.8. The van der Waals surface area contributed by atoms with Crippen molar-refractivity contribution in [2.75, 3.05) is 11.4 Å². The van der Waals surface area contributed by atoms with Crippen LogP contribution in [0.1, 0.15) is 66.0 Å². The van der Waals surface area contributed by atoms with Crippen LogP contribution in [0.15, 0.2) is 91.0 Å². The normalized spacial score (nSPS) is 12.0. The summed E-state index contributed by atoms with van der Waals surface area (Å²) < 4.78 is 0. The third kappa shape index (κ3) is 6.98. The summed E-state index contributed by atoms with van der Waals surface area (Å²) in [6.45, 7) is 9.52. The Morgan fingerprint density at radius 2 is 1.42 bits per heavy atom. The van der Waals surface area contributed by atoms with E-state index in [1.165, 1.54) is 22.4 Å². The van der Waals surface area contributed by atoms with Crippen LogP contribution in [0.5, 0.6) is 11.5 Å². The molecule has 1 atom stereocenters. The molecule has 198 valence electrons. The van der Waals surface area contributed by atoms with E-state index in [4.69, 9.17) is 0 Å². The summed E-state index contributed by atoms with van der Waals surface area (Å²) in [7, 11) is 0. The minimum Gasteiger partial charge on any atom is -0.508 e. The number of hydrogen-bond acceptors (Lipinski definition) is 3. The van der Waals surface area contributed by atoms with E-state index in [0.29, 0.717) is 17.5 Å². The molecule has 0 spiro atoms. The largest absolute Gasteiger partial charge is 0.508 e. The Labute approximate surface area is 228 Å². The van der Waals surface area contributed by atoms with Crippen LogP contribution >= 0.6 is 0 Å². The van der Waals surface area contributed by atoms with Crippen LogP contribution in [0, 0.1) is 13.8 Å². The van der Waals surface area contributed by atoms with Gasteiger partial charge in [-0.25, -0.2) is 0 Å². The predicted molar refractivity (Wildman–Crippen MR) is 160 cm³/mol. The molecule has 4 aromatic rings. The van der Waals surface area contributed by atoms with Crippen molar-refractivity contribution in [3.63, 3.8) is 0 Å². The molecule has 4 rings (SSSR count). The fourth-order valence-electron chi connectivity index (χ4n) is 5.38. The topological polar surface area (TPSA) is 43.7 Å². The Morgan fingerprint density at radius 1 is 0.711 bits per heavy atom. The molecule has 0 amide bonds. The Bertz CT molecular complexity index is 1330. The zero-order valence-electron chi connectivity index (χ0n) is 23.2. The van der Waals surface area contributed by atoms with Crippen LogP contribution in [0.3, 0.4) is 0 Å². The fraction of sp³-hybridized carbons (Fsp3) is 0.314. The molecule has 0 fully saturated rings. The lowest BCUT2D eigenvalue weighted by Gasteiger charge is -2.31. The highest BCUT2D eigenvalue weighted by molar-refractivity contribution is 5.50. The minimum absolute atomic E-state index is 0.113. The van der Waals surface area contributed by atoms with Crippen LogP contribution in [0.2, 0.25) is 0 Å². The first-order valence-electron chi connectivity index (χ1n) is 13.8. The average molecular weight is 508 g/mol. The Morgan fingerprint density at radius 3 is 2.16 bits per heavy atom. The molecule has 0 aliphatic heterocycles. The standard InChI is InChI=1S/C35H41NO2/c1-25(2)36(21-20-32(29-12-6-5-7-13-29)33-23-27(4)17-19-35(33)38)31-15-9-11-28(24-31)10-8-14-30-22-26(3)16-18-34(30)37/h5-7,9,11-13,15-19,22-25,32,37-38H,8,10,14,20-21H2,1-4H3. The van der Waals surface area contributed by atoms with Crippen LogP contribution < -0.4 is 4.90 Å². The van der Waals surface area contributed by atoms with E-state index in [1.54, 1.807) is 6.07 Å². The minimum atomic E-state index is 0.113. The Hall–Kier alpha value is -3.72. The van der Waals surface area contributed by atoms with Crippen LogP contribution in [-0.4, -0.2) is 22.8 Å². The predicted octanol–water partition coefficient (Wildman–Crippen LogP) is 8.33. The number of aromatic hydroxyl groups is 2. The van der Waals surface area contributed by atoms with Gasteiger partial charge in [-0.2, -0.15) is 0 Å². The second-order valence-electron chi connectivity index (χ2n) is 10.8. The highest BCUT2D eigenvalue weighted by Crippen LogP contribution is 2.35. The van der Waals surface area contributed by atoms with Gasteiger partial charge in [0.1, 0.15) is 11.5 Å². The van der Waals surface area contributed by atoms with Gasteiger partial charge >= 0.3 is 0 Å². The first kappa shape index (κ1) is 27.3. The van der Waals surface area contributed by atoms with Crippen molar-refractivity contribution in [3.05, 3.63) is 124 Å². The fourth-order valence-corrected chi connectivity index (χ4v) is 5.38. The molecule has 3 nitrogen and oxygen atoms in total. The molecule has 0 aliphatic rings. The molecule has 0 aliphatic carbocycles. The van der Waals surface area contributed by atoms with Gasteiger partial charge in [-0.3, -0.25) is 0 Å². The molecule has 0 saturated carbocycles. The molecule has 3 heteroatoms. The summed E-state index contributed by atoms with van der Waals surface area (Å²) in [5.74, 6) is 0.868. The number of aryl methyl sites for hydroxylation is 4. The molecule has 0 saturated heterocycles. The molecular formula is C35H41NO2. The molecule has 2 N–H and O–H groups in total. The van der Waals surface area contributed by atoms with E-state index in [-0.39, 0.29) is 5.92 Å². The second kappa shape index (κ2) is 12.7. The van der Waals surface area contributed by atoms with Gasteiger partial charge in [0.15, 0.2) is 0 Å². The molecule has 4 aromatic carbocycles. The SMILES string of the molecule is Cc1ccc(O)c(CCCc2cccc(N(CCC(c3ccccc3)c3cc(C)ccc3O)C(C)C)c2)c1.